The third kappa shape index (κ3) is 4.47. The topological polar surface area (TPSA) is 82.8 Å². The lowest BCUT2D eigenvalue weighted by molar-refractivity contribution is 0.0942. The number of aryl methyl sites for hydroxylation is 2. The molecule has 3 aromatic rings. The van der Waals surface area contributed by atoms with Crippen molar-refractivity contribution < 1.29 is 23.5 Å². The van der Waals surface area contributed by atoms with Crippen molar-refractivity contribution in [3.8, 4) is 17.2 Å². The summed E-state index contributed by atoms with van der Waals surface area (Å²) in [7, 11) is 0. The number of hydrogen-bond donors (Lipinski definition) is 1. The van der Waals surface area contributed by atoms with E-state index in [0.717, 1.165) is 54.2 Å². The second kappa shape index (κ2) is 9.41. The first-order chi connectivity index (χ1) is 16.5. The smallest absolute Gasteiger partial charge is 0.251 e. The van der Waals surface area contributed by atoms with Crippen LogP contribution in [0.15, 0.2) is 47.0 Å². The van der Waals surface area contributed by atoms with Crippen molar-refractivity contribution >= 4 is 5.91 Å². The van der Waals surface area contributed by atoms with Crippen LogP contribution in [0.2, 0.25) is 0 Å². The quantitative estimate of drug-likeness (QED) is 0.539. The standard InChI is InChI=1S/C27H30N2O5/c1-18-23(19(2)34-29-18)16-33-22-7-5-6-20(14-22)26(30)28-17-27(10-3-4-11-27)21-8-9-24-25(15-21)32-13-12-31-24/h5-9,14-15H,3-4,10-13,16-17H2,1-2H3,(H,28,30). The zero-order valence-corrected chi connectivity index (χ0v) is 19.7. The summed E-state index contributed by atoms with van der Waals surface area (Å²) in [5, 5.41) is 7.14. The summed E-state index contributed by atoms with van der Waals surface area (Å²) < 4.78 is 22.6. The van der Waals surface area contributed by atoms with Gasteiger partial charge in [-0.05, 0) is 62.6 Å². The predicted octanol–water partition coefficient (Wildman–Crippen LogP) is 4.88. The normalized spacial score (nSPS) is 16.3. The van der Waals surface area contributed by atoms with E-state index in [4.69, 9.17) is 18.7 Å². The van der Waals surface area contributed by atoms with Crippen LogP contribution in [0.4, 0.5) is 0 Å². The second-order valence-corrected chi connectivity index (χ2v) is 9.15. The van der Waals surface area contributed by atoms with Gasteiger partial charge in [-0.3, -0.25) is 4.79 Å². The highest BCUT2D eigenvalue weighted by Gasteiger charge is 2.37. The van der Waals surface area contributed by atoms with Crippen molar-refractivity contribution in [3.63, 3.8) is 0 Å². The molecule has 1 aliphatic carbocycles. The molecule has 0 radical (unpaired) electrons. The lowest BCUT2D eigenvalue weighted by Crippen LogP contribution is -2.39. The monoisotopic (exact) mass is 462 g/mol. The lowest BCUT2D eigenvalue weighted by Gasteiger charge is -2.31. The number of carbonyl (C=O) groups excluding carboxylic acids is 1. The van der Waals surface area contributed by atoms with Gasteiger partial charge in [0.1, 0.15) is 31.3 Å². The van der Waals surface area contributed by atoms with Crippen LogP contribution < -0.4 is 19.5 Å². The molecule has 0 unspecified atom stereocenters. The lowest BCUT2D eigenvalue weighted by atomic mass is 9.78. The molecule has 178 valence electrons. The Morgan fingerprint density at radius 2 is 1.85 bits per heavy atom. The van der Waals surface area contributed by atoms with Crippen LogP contribution in [-0.2, 0) is 12.0 Å². The first-order valence-corrected chi connectivity index (χ1v) is 11.9. The van der Waals surface area contributed by atoms with Crippen LogP contribution >= 0.6 is 0 Å². The van der Waals surface area contributed by atoms with Crippen molar-refractivity contribution in [1.82, 2.24) is 10.5 Å². The summed E-state index contributed by atoms with van der Waals surface area (Å²) in [6, 6.07) is 13.5. The number of carbonyl (C=O) groups is 1. The number of ether oxygens (including phenoxy) is 3. The number of amides is 1. The molecule has 0 bridgehead atoms. The van der Waals surface area contributed by atoms with Gasteiger partial charge < -0.3 is 24.1 Å². The Bertz CT molecular complexity index is 1160. The molecule has 1 fully saturated rings. The van der Waals surface area contributed by atoms with Crippen LogP contribution in [0.3, 0.4) is 0 Å². The number of nitrogens with zero attached hydrogens (tertiary/aromatic N) is 1. The van der Waals surface area contributed by atoms with E-state index in [1.807, 2.05) is 38.1 Å². The maximum absolute atomic E-state index is 13.1. The van der Waals surface area contributed by atoms with Gasteiger partial charge in [0, 0.05) is 17.5 Å². The van der Waals surface area contributed by atoms with Gasteiger partial charge in [0.15, 0.2) is 11.5 Å². The Morgan fingerprint density at radius 1 is 1.06 bits per heavy atom. The van der Waals surface area contributed by atoms with E-state index in [9.17, 15) is 4.79 Å². The van der Waals surface area contributed by atoms with Crippen molar-refractivity contribution in [2.45, 2.75) is 51.6 Å². The summed E-state index contributed by atoms with van der Waals surface area (Å²) in [5.74, 6) is 2.86. The Morgan fingerprint density at radius 3 is 2.62 bits per heavy atom. The minimum absolute atomic E-state index is 0.0943. The number of nitrogens with one attached hydrogen (secondary N) is 1. The molecule has 5 rings (SSSR count). The van der Waals surface area contributed by atoms with Crippen LogP contribution in [0.1, 0.15) is 58.6 Å². The highest BCUT2D eigenvalue weighted by molar-refractivity contribution is 5.94. The minimum atomic E-state index is -0.105. The van der Waals surface area contributed by atoms with Crippen LogP contribution in [-0.4, -0.2) is 30.8 Å². The average molecular weight is 463 g/mol. The minimum Gasteiger partial charge on any atom is -0.489 e. The second-order valence-electron chi connectivity index (χ2n) is 9.15. The van der Waals surface area contributed by atoms with Crippen LogP contribution in [0.5, 0.6) is 17.2 Å². The van der Waals surface area contributed by atoms with Crippen molar-refractivity contribution in [1.29, 1.82) is 0 Å². The Kier molecular flexibility index (Phi) is 6.18. The highest BCUT2D eigenvalue weighted by Crippen LogP contribution is 2.43. The van der Waals surface area contributed by atoms with Gasteiger partial charge in [0.05, 0.1) is 11.3 Å². The zero-order chi connectivity index (χ0) is 23.5. The number of rotatable bonds is 7. The maximum atomic E-state index is 13.1. The van der Waals surface area contributed by atoms with E-state index in [1.165, 1.54) is 5.56 Å². The largest absolute Gasteiger partial charge is 0.489 e. The number of aromatic nitrogens is 1. The van der Waals surface area contributed by atoms with Gasteiger partial charge in [-0.15, -0.1) is 0 Å². The molecule has 1 saturated carbocycles. The first kappa shape index (κ1) is 22.3. The number of fused-ring (bicyclic) bond motifs is 1. The molecule has 2 aromatic carbocycles. The van der Waals surface area contributed by atoms with E-state index >= 15 is 0 Å². The van der Waals surface area contributed by atoms with Gasteiger partial charge in [-0.25, -0.2) is 0 Å². The molecule has 7 heteroatoms. The number of benzene rings is 2. The van der Waals surface area contributed by atoms with Crippen molar-refractivity contribution in [3.05, 3.63) is 70.6 Å². The molecule has 1 aromatic heterocycles. The number of hydrogen-bond acceptors (Lipinski definition) is 6. The first-order valence-electron chi connectivity index (χ1n) is 11.9. The predicted molar refractivity (Wildman–Crippen MR) is 127 cm³/mol. The zero-order valence-electron chi connectivity index (χ0n) is 19.7. The molecule has 1 amide bonds. The fourth-order valence-electron chi connectivity index (χ4n) is 4.93. The van der Waals surface area contributed by atoms with E-state index in [-0.39, 0.29) is 11.3 Å². The van der Waals surface area contributed by atoms with E-state index < -0.39 is 0 Å². The van der Waals surface area contributed by atoms with Crippen molar-refractivity contribution in [2.75, 3.05) is 19.8 Å². The molecule has 7 nitrogen and oxygen atoms in total. The molecular weight excluding hydrogens is 432 g/mol. The summed E-state index contributed by atoms with van der Waals surface area (Å²) in [6.45, 7) is 5.82. The summed E-state index contributed by atoms with van der Waals surface area (Å²) in [4.78, 5) is 13.1. The summed E-state index contributed by atoms with van der Waals surface area (Å²) in [6.07, 6.45) is 4.37. The molecule has 34 heavy (non-hydrogen) atoms. The maximum Gasteiger partial charge on any atom is 0.251 e. The van der Waals surface area contributed by atoms with Gasteiger partial charge in [0.25, 0.3) is 5.91 Å². The fraction of sp³-hybridized carbons (Fsp3) is 0.407. The van der Waals surface area contributed by atoms with Crippen LogP contribution in [0.25, 0.3) is 0 Å². The fourth-order valence-corrected chi connectivity index (χ4v) is 4.93. The van der Waals surface area contributed by atoms with Crippen molar-refractivity contribution in [2.24, 2.45) is 0 Å². The molecule has 1 N–H and O–H groups in total. The Labute approximate surface area is 199 Å². The molecular formula is C27H30N2O5. The van der Waals surface area contributed by atoms with E-state index in [1.54, 1.807) is 6.07 Å². The van der Waals surface area contributed by atoms with E-state index in [0.29, 0.717) is 37.7 Å². The molecule has 1 aliphatic heterocycles. The molecule has 0 spiro atoms. The van der Waals surface area contributed by atoms with Gasteiger partial charge in [0.2, 0.25) is 0 Å². The average Bonchev–Trinajstić information content (AvgIpc) is 3.48. The van der Waals surface area contributed by atoms with Gasteiger partial charge in [-0.1, -0.05) is 30.1 Å². The summed E-state index contributed by atoms with van der Waals surface area (Å²) >= 11 is 0. The van der Waals surface area contributed by atoms with Gasteiger partial charge in [-0.2, -0.15) is 0 Å². The van der Waals surface area contributed by atoms with E-state index in [2.05, 4.69) is 22.6 Å². The Balaban J connectivity index is 1.27. The SMILES string of the molecule is Cc1noc(C)c1COc1cccc(C(=O)NCC2(c3ccc4c(c3)OCCO4)CCCC2)c1. The third-order valence-corrected chi connectivity index (χ3v) is 6.96. The third-order valence-electron chi connectivity index (χ3n) is 6.96. The van der Waals surface area contributed by atoms with Crippen LogP contribution in [0, 0.1) is 13.8 Å². The highest BCUT2D eigenvalue weighted by atomic mass is 16.6. The molecule has 0 saturated heterocycles. The molecule has 2 heterocycles. The Hall–Kier alpha value is -3.48. The van der Waals surface area contributed by atoms with Gasteiger partial charge >= 0.3 is 0 Å². The molecule has 0 atom stereocenters. The summed E-state index contributed by atoms with van der Waals surface area (Å²) in [5.41, 5.74) is 3.42. The molecule has 2 aliphatic rings.